The molecule has 0 radical (unpaired) electrons. The Balaban J connectivity index is 1.81. The van der Waals surface area contributed by atoms with Gasteiger partial charge >= 0.3 is 0 Å². The van der Waals surface area contributed by atoms with Gasteiger partial charge in [-0.2, -0.15) is 0 Å². The maximum atomic E-state index is 13.5. The van der Waals surface area contributed by atoms with Gasteiger partial charge in [-0.1, -0.05) is 34.6 Å². The molecule has 3 fully saturated rings. The van der Waals surface area contributed by atoms with Crippen LogP contribution in [0.2, 0.25) is 0 Å². The number of nitrogens with zero attached hydrogens (tertiary/aromatic N) is 1. The number of carbonyl (C=O) groups is 5. The average Bonchev–Trinajstić information content (AvgIpc) is 3.06. The van der Waals surface area contributed by atoms with E-state index in [1.54, 1.807) is 4.90 Å². The van der Waals surface area contributed by atoms with Crippen molar-refractivity contribution < 1.29 is 24.0 Å². The first-order valence-corrected chi connectivity index (χ1v) is 11.6. The average molecular weight is 464 g/mol. The van der Waals surface area contributed by atoms with Crippen LogP contribution in [0.15, 0.2) is 0 Å². The number of fused-ring (bicyclic) bond motifs is 1. The summed E-state index contributed by atoms with van der Waals surface area (Å²) in [5.74, 6) is -2.23. The Kier molecular flexibility index (Phi) is 6.52. The van der Waals surface area contributed by atoms with Crippen LogP contribution in [0.5, 0.6) is 0 Å². The molecule has 1 saturated carbocycles. The normalized spacial score (nSPS) is 29.5. The van der Waals surface area contributed by atoms with Crippen LogP contribution in [0, 0.1) is 28.6 Å². The zero-order chi connectivity index (χ0) is 24.9. The molecule has 2 saturated heterocycles. The molecule has 184 valence electrons. The number of nitrogens with two attached hydrogens (primary N) is 1. The van der Waals surface area contributed by atoms with Crippen molar-refractivity contribution in [2.45, 2.75) is 72.5 Å². The van der Waals surface area contributed by atoms with E-state index in [9.17, 15) is 24.0 Å². The predicted octanol–water partition coefficient (Wildman–Crippen LogP) is -0.483. The number of piperidine rings is 1. The fraction of sp³-hybridized carbons (Fsp3) is 0.783. The van der Waals surface area contributed by atoms with Gasteiger partial charge in [0, 0.05) is 25.9 Å². The zero-order valence-corrected chi connectivity index (χ0v) is 20.4. The molecule has 3 rings (SSSR count). The van der Waals surface area contributed by atoms with Crippen molar-refractivity contribution in [2.24, 2.45) is 34.3 Å². The second-order valence-electron chi connectivity index (χ2n) is 11.4. The van der Waals surface area contributed by atoms with Gasteiger partial charge < -0.3 is 26.6 Å². The molecule has 5 amide bonds. The summed E-state index contributed by atoms with van der Waals surface area (Å²) in [6.45, 7) is 12.0. The fourth-order valence-corrected chi connectivity index (χ4v) is 5.49. The Morgan fingerprint density at radius 2 is 1.85 bits per heavy atom. The first kappa shape index (κ1) is 25.0. The highest BCUT2D eigenvalue weighted by Crippen LogP contribution is 2.65. The molecule has 2 aliphatic heterocycles. The topological polar surface area (TPSA) is 151 Å². The minimum absolute atomic E-state index is 0.0531. The van der Waals surface area contributed by atoms with E-state index < -0.39 is 35.4 Å². The summed E-state index contributed by atoms with van der Waals surface area (Å²) in [6.07, 6.45) is 0.704. The molecule has 2 heterocycles. The Morgan fingerprint density at radius 3 is 2.33 bits per heavy atom. The molecule has 10 heteroatoms. The van der Waals surface area contributed by atoms with Gasteiger partial charge in [-0.3, -0.25) is 24.0 Å². The first-order chi connectivity index (χ1) is 15.2. The fourth-order valence-electron chi connectivity index (χ4n) is 5.49. The molecule has 3 aliphatic rings. The third-order valence-corrected chi connectivity index (χ3v) is 7.56. The van der Waals surface area contributed by atoms with Crippen LogP contribution in [0.1, 0.15) is 54.4 Å². The van der Waals surface area contributed by atoms with E-state index in [1.165, 1.54) is 6.92 Å². The number of hydrogen-bond donors (Lipinski definition) is 4. The highest BCUT2D eigenvalue weighted by molar-refractivity contribution is 5.95. The highest BCUT2D eigenvalue weighted by Gasteiger charge is 2.69. The van der Waals surface area contributed by atoms with E-state index in [1.807, 2.05) is 20.8 Å². The smallest absolute Gasteiger partial charge is 0.246 e. The van der Waals surface area contributed by atoms with E-state index >= 15 is 0 Å². The zero-order valence-electron chi connectivity index (χ0n) is 20.4. The van der Waals surface area contributed by atoms with Gasteiger partial charge in [0.25, 0.3) is 0 Å². The highest BCUT2D eigenvalue weighted by atomic mass is 16.2. The minimum Gasteiger partial charge on any atom is -0.368 e. The molecular formula is C23H37N5O5. The van der Waals surface area contributed by atoms with Crippen LogP contribution >= 0.6 is 0 Å². The minimum atomic E-state index is -1.00. The van der Waals surface area contributed by atoms with Crippen molar-refractivity contribution in [3.8, 4) is 0 Å². The second-order valence-corrected chi connectivity index (χ2v) is 11.4. The van der Waals surface area contributed by atoms with Gasteiger partial charge in [0.1, 0.15) is 18.1 Å². The van der Waals surface area contributed by atoms with Crippen molar-refractivity contribution in [1.29, 1.82) is 0 Å². The molecule has 33 heavy (non-hydrogen) atoms. The van der Waals surface area contributed by atoms with Gasteiger partial charge in [0.15, 0.2) is 0 Å². The number of likely N-dealkylation sites (tertiary alicyclic amines) is 1. The summed E-state index contributed by atoms with van der Waals surface area (Å²) >= 11 is 0. The third-order valence-electron chi connectivity index (χ3n) is 7.56. The molecule has 10 nitrogen and oxygen atoms in total. The van der Waals surface area contributed by atoms with E-state index in [-0.39, 0.29) is 47.3 Å². The summed E-state index contributed by atoms with van der Waals surface area (Å²) in [5.41, 5.74) is 4.88. The summed E-state index contributed by atoms with van der Waals surface area (Å²) in [6, 6.07) is -2.56. The van der Waals surface area contributed by atoms with Crippen molar-refractivity contribution >= 4 is 29.5 Å². The molecule has 0 aromatic heterocycles. The lowest BCUT2D eigenvalue weighted by atomic mass is 9.85. The number of rotatable bonds is 7. The summed E-state index contributed by atoms with van der Waals surface area (Å²) in [7, 11) is 0. The van der Waals surface area contributed by atoms with Gasteiger partial charge in [-0.15, -0.1) is 0 Å². The Morgan fingerprint density at radius 1 is 1.21 bits per heavy atom. The molecule has 0 unspecified atom stereocenters. The Hall–Kier alpha value is -2.65. The van der Waals surface area contributed by atoms with Crippen LogP contribution < -0.4 is 21.7 Å². The lowest BCUT2D eigenvalue weighted by molar-refractivity contribution is -0.146. The second kappa shape index (κ2) is 8.61. The van der Waals surface area contributed by atoms with Crippen molar-refractivity contribution in [3.63, 3.8) is 0 Å². The number of primary amides is 1. The van der Waals surface area contributed by atoms with Crippen molar-refractivity contribution in [3.05, 3.63) is 0 Å². The summed E-state index contributed by atoms with van der Waals surface area (Å²) in [4.78, 5) is 64.4. The van der Waals surface area contributed by atoms with Crippen LogP contribution in [0.4, 0.5) is 0 Å². The molecule has 6 atom stereocenters. The third kappa shape index (κ3) is 4.84. The number of amides is 5. The van der Waals surface area contributed by atoms with E-state index in [4.69, 9.17) is 5.73 Å². The summed E-state index contributed by atoms with van der Waals surface area (Å²) < 4.78 is 0. The van der Waals surface area contributed by atoms with E-state index in [0.717, 1.165) is 0 Å². The van der Waals surface area contributed by atoms with Crippen LogP contribution in [0.3, 0.4) is 0 Å². The first-order valence-electron chi connectivity index (χ1n) is 11.6. The van der Waals surface area contributed by atoms with Gasteiger partial charge in [0.05, 0.1) is 0 Å². The maximum Gasteiger partial charge on any atom is 0.246 e. The van der Waals surface area contributed by atoms with Crippen molar-refractivity contribution in [2.75, 3.05) is 13.1 Å². The Bertz CT molecular complexity index is 864. The number of nitrogens with one attached hydrogen (secondary N) is 3. The maximum absolute atomic E-state index is 13.5. The lowest BCUT2D eigenvalue weighted by Gasteiger charge is -2.37. The number of carbonyl (C=O) groups excluding carboxylic acids is 5. The molecule has 0 aromatic carbocycles. The molecule has 1 aliphatic carbocycles. The van der Waals surface area contributed by atoms with E-state index in [2.05, 4.69) is 29.8 Å². The van der Waals surface area contributed by atoms with Gasteiger partial charge in [-0.25, -0.2) is 0 Å². The molecule has 0 bridgehead atoms. The predicted molar refractivity (Wildman–Crippen MR) is 120 cm³/mol. The van der Waals surface area contributed by atoms with Crippen molar-refractivity contribution in [1.82, 2.24) is 20.9 Å². The largest absolute Gasteiger partial charge is 0.368 e. The Labute approximate surface area is 194 Å². The molecule has 0 aromatic rings. The molecule has 0 spiro atoms. The summed E-state index contributed by atoms with van der Waals surface area (Å²) in [5, 5.41) is 8.19. The van der Waals surface area contributed by atoms with Gasteiger partial charge in [-0.05, 0) is 35.5 Å². The van der Waals surface area contributed by atoms with Crippen LogP contribution in [0.25, 0.3) is 0 Å². The molecule has 5 N–H and O–H groups in total. The standard InChI is InChI=1S/C23H37N5O5/c1-11(29)26-17(22(2,3)4)21(33)28-10-13-15(23(13,5)6)16(28)20(32)27-14(18(24)30)9-12-7-8-25-19(12)31/h12-17H,7-10H2,1-6H3,(H2,24,30)(H,25,31)(H,26,29)(H,27,32)/t12-,13-,14-,15-,16-,17+/m0/s1. The van der Waals surface area contributed by atoms with Crippen LogP contribution in [-0.4, -0.2) is 65.7 Å². The quantitative estimate of drug-likeness (QED) is 0.402. The van der Waals surface area contributed by atoms with Crippen LogP contribution in [-0.2, 0) is 24.0 Å². The van der Waals surface area contributed by atoms with E-state index in [0.29, 0.717) is 19.5 Å². The lowest BCUT2D eigenvalue weighted by Crippen LogP contribution is -2.60. The number of hydrogen-bond acceptors (Lipinski definition) is 5. The molecular weight excluding hydrogens is 426 g/mol. The SMILES string of the molecule is CC(=O)N[C@H](C(=O)N1C[C@H]2[C@@H]([C@H]1C(=O)N[C@@H](C[C@@H]1CCNC1=O)C(N)=O)C2(C)C)C(C)(C)C. The van der Waals surface area contributed by atoms with Gasteiger partial charge in [0.2, 0.25) is 29.5 Å². The monoisotopic (exact) mass is 463 g/mol.